The maximum atomic E-state index is 11.3. The Kier molecular flexibility index (Phi) is 30.9. The third-order valence-electron chi connectivity index (χ3n) is 4.46. The summed E-state index contributed by atoms with van der Waals surface area (Å²) < 4.78 is 52.7. The SMILES string of the molecule is O=C(O)CCOCCOCCOCCOCCOCCOCCOCCOCCOCCNC(=O)COCC(=O)O. The van der Waals surface area contributed by atoms with Crippen LogP contribution in [-0.2, 0) is 61.8 Å². The number of carbonyl (C=O) groups is 3. The minimum atomic E-state index is -1.13. The van der Waals surface area contributed by atoms with E-state index in [0.717, 1.165) is 0 Å². The molecule has 0 aliphatic carbocycles. The normalized spacial score (nSPS) is 11.1. The molecule has 16 nitrogen and oxygen atoms in total. The number of hydrogen-bond donors (Lipinski definition) is 3. The van der Waals surface area contributed by atoms with Gasteiger partial charge in [0, 0.05) is 6.54 Å². The molecule has 0 spiro atoms. The van der Waals surface area contributed by atoms with E-state index < -0.39 is 24.5 Å². The number of hydrogen-bond acceptors (Lipinski definition) is 13. The average molecular weight is 602 g/mol. The van der Waals surface area contributed by atoms with E-state index in [1.807, 2.05) is 0 Å². The molecule has 0 aromatic rings. The van der Waals surface area contributed by atoms with Crippen LogP contribution in [0.5, 0.6) is 0 Å². The molecular formula is C25H47NO15. The first-order chi connectivity index (χ1) is 20.0. The van der Waals surface area contributed by atoms with E-state index in [-0.39, 0.29) is 19.6 Å². The minimum absolute atomic E-state index is 0.0113. The molecule has 0 saturated heterocycles. The van der Waals surface area contributed by atoms with E-state index in [1.54, 1.807) is 0 Å². The van der Waals surface area contributed by atoms with Crippen LogP contribution in [0.4, 0.5) is 0 Å². The first-order valence-corrected chi connectivity index (χ1v) is 13.5. The quantitative estimate of drug-likeness (QED) is 0.0746. The summed E-state index contributed by atoms with van der Waals surface area (Å²) in [7, 11) is 0. The van der Waals surface area contributed by atoms with Gasteiger partial charge in [0.15, 0.2) is 0 Å². The highest BCUT2D eigenvalue weighted by molar-refractivity contribution is 5.77. The molecule has 41 heavy (non-hydrogen) atoms. The number of amides is 1. The zero-order valence-electron chi connectivity index (χ0n) is 23.8. The van der Waals surface area contributed by atoms with Gasteiger partial charge in [-0.05, 0) is 0 Å². The van der Waals surface area contributed by atoms with Crippen LogP contribution in [0.25, 0.3) is 0 Å². The van der Waals surface area contributed by atoms with Crippen molar-refractivity contribution in [3.63, 3.8) is 0 Å². The molecule has 0 atom stereocenters. The van der Waals surface area contributed by atoms with Crippen molar-refractivity contribution < 1.29 is 72.0 Å². The summed E-state index contributed by atoms with van der Waals surface area (Å²) in [5, 5.41) is 19.4. The molecule has 0 rings (SSSR count). The molecule has 3 N–H and O–H groups in total. The lowest BCUT2D eigenvalue weighted by molar-refractivity contribution is -0.143. The zero-order valence-corrected chi connectivity index (χ0v) is 23.8. The van der Waals surface area contributed by atoms with Gasteiger partial charge in [0.25, 0.3) is 0 Å². The van der Waals surface area contributed by atoms with E-state index in [1.165, 1.54) is 0 Å². The van der Waals surface area contributed by atoms with Gasteiger partial charge in [0.05, 0.1) is 125 Å². The van der Waals surface area contributed by atoms with Crippen molar-refractivity contribution >= 4 is 17.8 Å². The highest BCUT2D eigenvalue weighted by Gasteiger charge is 2.03. The molecule has 0 radical (unpaired) electrons. The molecular weight excluding hydrogens is 554 g/mol. The maximum Gasteiger partial charge on any atom is 0.329 e. The summed E-state index contributed by atoms with van der Waals surface area (Å²) in [6.07, 6.45) is -0.0113. The second-order valence-corrected chi connectivity index (χ2v) is 7.89. The van der Waals surface area contributed by atoms with Crippen molar-refractivity contribution in [2.45, 2.75) is 6.42 Å². The van der Waals surface area contributed by atoms with E-state index in [0.29, 0.717) is 119 Å². The van der Waals surface area contributed by atoms with Gasteiger partial charge in [-0.25, -0.2) is 4.79 Å². The number of ether oxygens (including phenoxy) is 10. The van der Waals surface area contributed by atoms with Crippen LogP contribution in [0, 0.1) is 0 Å². The Labute approximate surface area is 240 Å². The van der Waals surface area contributed by atoms with Gasteiger partial charge in [-0.1, -0.05) is 0 Å². The molecule has 16 heteroatoms. The highest BCUT2D eigenvalue weighted by atomic mass is 16.6. The lowest BCUT2D eigenvalue weighted by Gasteiger charge is -2.09. The van der Waals surface area contributed by atoms with Gasteiger partial charge in [-0.15, -0.1) is 0 Å². The number of carbonyl (C=O) groups excluding carboxylic acids is 1. The first-order valence-electron chi connectivity index (χ1n) is 13.5. The monoisotopic (exact) mass is 601 g/mol. The fourth-order valence-corrected chi connectivity index (χ4v) is 2.57. The lowest BCUT2D eigenvalue weighted by atomic mass is 10.5. The molecule has 242 valence electrons. The van der Waals surface area contributed by atoms with E-state index >= 15 is 0 Å². The number of aliphatic carboxylic acids is 2. The fourth-order valence-electron chi connectivity index (χ4n) is 2.57. The predicted molar refractivity (Wildman–Crippen MR) is 141 cm³/mol. The average Bonchev–Trinajstić information content (AvgIpc) is 2.93. The van der Waals surface area contributed by atoms with Gasteiger partial charge >= 0.3 is 11.9 Å². The Morgan fingerprint density at radius 2 is 0.707 bits per heavy atom. The third kappa shape index (κ3) is 36.0. The van der Waals surface area contributed by atoms with Crippen LogP contribution >= 0.6 is 0 Å². The molecule has 0 saturated carbocycles. The first kappa shape index (κ1) is 39.0. The fraction of sp³-hybridized carbons (Fsp3) is 0.880. The van der Waals surface area contributed by atoms with Gasteiger partial charge in [0.1, 0.15) is 13.2 Å². The Morgan fingerprint density at radius 1 is 0.390 bits per heavy atom. The van der Waals surface area contributed by atoms with Gasteiger partial charge in [0.2, 0.25) is 5.91 Å². The molecule has 0 aliphatic rings. The van der Waals surface area contributed by atoms with Crippen LogP contribution < -0.4 is 5.32 Å². The lowest BCUT2D eigenvalue weighted by Crippen LogP contribution is -2.31. The molecule has 0 aromatic heterocycles. The second-order valence-electron chi connectivity index (χ2n) is 7.89. The Morgan fingerprint density at radius 3 is 1.02 bits per heavy atom. The van der Waals surface area contributed by atoms with Crippen molar-refractivity contribution in [3.8, 4) is 0 Å². The van der Waals surface area contributed by atoms with Crippen molar-refractivity contribution in [2.75, 3.05) is 139 Å². The van der Waals surface area contributed by atoms with Gasteiger partial charge < -0.3 is 62.9 Å². The number of carboxylic acids is 2. The summed E-state index contributed by atoms with van der Waals surface area (Å²) in [4.78, 5) is 31.9. The van der Waals surface area contributed by atoms with Crippen LogP contribution in [0.15, 0.2) is 0 Å². The minimum Gasteiger partial charge on any atom is -0.481 e. The standard InChI is InChI=1S/C25H47NO15/c27-23(21-41-22-25(30)31)26-2-4-33-6-8-35-10-12-37-14-16-39-18-20-40-19-17-38-15-13-36-11-9-34-7-5-32-3-1-24(28)29/h1-22H2,(H,26,27)(H,28,29)(H,30,31). The van der Waals surface area contributed by atoms with Crippen molar-refractivity contribution in [2.24, 2.45) is 0 Å². The smallest absolute Gasteiger partial charge is 0.329 e. The van der Waals surface area contributed by atoms with E-state index in [4.69, 9.17) is 52.8 Å². The molecule has 0 unspecified atom stereocenters. The molecule has 0 aliphatic heterocycles. The van der Waals surface area contributed by atoms with Crippen LogP contribution in [0.2, 0.25) is 0 Å². The molecule has 0 bridgehead atoms. The summed E-state index contributed by atoms with van der Waals surface area (Å²) in [5.74, 6) is -2.41. The van der Waals surface area contributed by atoms with E-state index in [2.05, 4.69) is 10.1 Å². The Balaban J connectivity index is 3.10. The molecule has 0 aromatic carbocycles. The van der Waals surface area contributed by atoms with Crippen molar-refractivity contribution in [1.29, 1.82) is 0 Å². The Hall–Kier alpha value is -1.99. The molecule has 0 heterocycles. The summed E-state index contributed by atoms with van der Waals surface area (Å²) >= 11 is 0. The number of nitrogens with one attached hydrogen (secondary N) is 1. The van der Waals surface area contributed by atoms with Crippen LogP contribution in [0.3, 0.4) is 0 Å². The van der Waals surface area contributed by atoms with Crippen LogP contribution in [0.1, 0.15) is 6.42 Å². The van der Waals surface area contributed by atoms with Crippen LogP contribution in [-0.4, -0.2) is 167 Å². The topological polar surface area (TPSA) is 196 Å². The third-order valence-corrected chi connectivity index (χ3v) is 4.46. The van der Waals surface area contributed by atoms with Gasteiger partial charge in [-0.2, -0.15) is 0 Å². The largest absolute Gasteiger partial charge is 0.481 e. The second kappa shape index (κ2) is 32.5. The van der Waals surface area contributed by atoms with Crippen molar-refractivity contribution in [1.82, 2.24) is 5.32 Å². The Bertz CT molecular complexity index is 612. The van der Waals surface area contributed by atoms with Gasteiger partial charge in [-0.3, -0.25) is 9.59 Å². The number of carboxylic acid groups (broad SMARTS) is 2. The van der Waals surface area contributed by atoms with E-state index in [9.17, 15) is 14.4 Å². The summed E-state index contributed by atoms with van der Waals surface area (Å²) in [6.45, 7) is 6.90. The predicted octanol–water partition coefficient (Wildman–Crippen LogP) is -1.17. The zero-order chi connectivity index (χ0) is 30.1. The maximum absolute atomic E-state index is 11.3. The molecule has 0 fully saturated rings. The van der Waals surface area contributed by atoms with Crippen molar-refractivity contribution in [3.05, 3.63) is 0 Å². The summed E-state index contributed by atoms with van der Waals surface area (Å²) in [5.41, 5.74) is 0. The molecule has 1 amide bonds. The highest BCUT2D eigenvalue weighted by Crippen LogP contribution is 1.87. The summed E-state index contributed by atoms with van der Waals surface area (Å²) in [6, 6.07) is 0. The number of rotatable bonds is 34.